The average Bonchev–Trinajstić information content (AvgIpc) is 3.21. The number of alkyl halides is 1. The number of ether oxygens (including phenoxy) is 1. The maximum atomic E-state index is 12.3. The topological polar surface area (TPSA) is 61.4 Å². The fourth-order valence-electron chi connectivity index (χ4n) is 5.23. The van der Waals surface area contributed by atoms with E-state index < -0.39 is 0 Å². The lowest BCUT2D eigenvalue weighted by molar-refractivity contribution is 0.0184. The highest BCUT2D eigenvalue weighted by Crippen LogP contribution is 2.39. The number of allylic oxidation sites excluding steroid dienone is 1. The van der Waals surface area contributed by atoms with Crippen LogP contribution in [-0.2, 0) is 6.42 Å². The van der Waals surface area contributed by atoms with Crippen molar-refractivity contribution in [3.05, 3.63) is 64.9 Å². The van der Waals surface area contributed by atoms with Gasteiger partial charge in [-0.1, -0.05) is 23.8 Å². The molecule has 2 N–H and O–H groups in total. The molecule has 0 spiro atoms. The second-order valence-corrected chi connectivity index (χ2v) is 9.15. The molecule has 2 aromatic carbocycles. The van der Waals surface area contributed by atoms with Crippen LogP contribution in [0.15, 0.2) is 48.2 Å². The van der Waals surface area contributed by atoms with Gasteiger partial charge in [0.2, 0.25) is 0 Å². The van der Waals surface area contributed by atoms with Crippen LogP contribution in [0.25, 0.3) is 16.5 Å². The van der Waals surface area contributed by atoms with Gasteiger partial charge in [0.25, 0.3) is 0 Å². The van der Waals surface area contributed by atoms with Crippen LogP contribution < -0.4 is 4.74 Å². The number of aryl methyl sites for hydroxylation is 1. The summed E-state index contributed by atoms with van der Waals surface area (Å²) >= 11 is 0. The van der Waals surface area contributed by atoms with E-state index in [1.54, 1.807) is 0 Å². The molecule has 1 saturated heterocycles. The molecule has 0 radical (unpaired) electrons. The fraction of sp³-hybridized carbons (Fsp3) is 0.444. The first-order valence-corrected chi connectivity index (χ1v) is 12.1. The molecular formula is C27H32FN3O2. The Balaban J connectivity index is 1.41. The van der Waals surface area contributed by atoms with Gasteiger partial charge >= 0.3 is 0 Å². The Morgan fingerprint density at radius 1 is 1.09 bits per heavy atom. The smallest absolute Gasteiger partial charge is 0.124 e. The number of rotatable bonds is 9. The third-order valence-electron chi connectivity index (χ3n) is 6.88. The van der Waals surface area contributed by atoms with Gasteiger partial charge in [0.05, 0.1) is 18.4 Å². The van der Waals surface area contributed by atoms with Crippen LogP contribution in [0.2, 0.25) is 0 Å². The zero-order valence-electron chi connectivity index (χ0n) is 19.0. The first kappa shape index (κ1) is 22.1. The molecule has 6 heteroatoms. The predicted octanol–water partition coefficient (Wildman–Crippen LogP) is 4.90. The van der Waals surface area contributed by atoms with E-state index in [0.29, 0.717) is 6.42 Å². The summed E-state index contributed by atoms with van der Waals surface area (Å²) in [6.45, 7) is 2.50. The Labute approximate surface area is 194 Å². The van der Waals surface area contributed by atoms with Gasteiger partial charge in [-0.25, -0.2) is 0 Å². The number of H-pyrrole nitrogens is 1. The van der Waals surface area contributed by atoms with Crippen molar-refractivity contribution in [1.29, 1.82) is 0 Å². The lowest BCUT2D eigenvalue weighted by Gasteiger charge is -2.38. The number of aliphatic hydroxyl groups is 1. The number of aliphatic hydroxyl groups excluding tert-OH is 1. The van der Waals surface area contributed by atoms with Crippen molar-refractivity contribution < 1.29 is 14.2 Å². The van der Waals surface area contributed by atoms with Crippen molar-refractivity contribution in [2.24, 2.45) is 0 Å². The molecule has 2 heterocycles. The molecule has 1 aliphatic heterocycles. The van der Waals surface area contributed by atoms with E-state index in [2.05, 4.69) is 51.5 Å². The summed E-state index contributed by atoms with van der Waals surface area (Å²) in [7, 11) is 0. The maximum Gasteiger partial charge on any atom is 0.124 e. The van der Waals surface area contributed by atoms with Crippen LogP contribution in [0, 0.1) is 0 Å². The van der Waals surface area contributed by atoms with Crippen LogP contribution in [0.3, 0.4) is 0 Å². The molecule has 0 saturated carbocycles. The van der Waals surface area contributed by atoms with E-state index in [0.717, 1.165) is 63.0 Å². The molecule has 1 aliphatic carbocycles. The Morgan fingerprint density at radius 2 is 1.94 bits per heavy atom. The fourth-order valence-corrected chi connectivity index (χ4v) is 5.23. The number of benzene rings is 2. The zero-order valence-corrected chi connectivity index (χ0v) is 19.0. The number of halogens is 1. The molecule has 1 aromatic heterocycles. The lowest BCUT2D eigenvalue weighted by atomic mass is 9.88. The normalized spacial score (nSPS) is 17.2. The van der Waals surface area contributed by atoms with Crippen LogP contribution in [0.1, 0.15) is 48.8 Å². The lowest BCUT2D eigenvalue weighted by Crippen LogP contribution is -2.53. The molecule has 5 rings (SSSR count). The SMILES string of the molecule is OCCCC1=C(c2ccc(OC3CN(CCCF)C3)cc2)c2ccc3[nH]ncc3c2CCC1. The molecule has 33 heavy (non-hydrogen) atoms. The number of aromatic amines is 1. The molecule has 174 valence electrons. The number of hydrogen-bond donors (Lipinski definition) is 2. The van der Waals surface area contributed by atoms with E-state index >= 15 is 0 Å². The Kier molecular flexibility index (Phi) is 6.74. The maximum absolute atomic E-state index is 12.3. The molecule has 0 bridgehead atoms. The van der Waals surface area contributed by atoms with Gasteiger partial charge in [0, 0.05) is 31.6 Å². The number of fused-ring (bicyclic) bond motifs is 3. The molecule has 0 unspecified atom stereocenters. The number of aromatic nitrogens is 2. The minimum Gasteiger partial charge on any atom is -0.488 e. The monoisotopic (exact) mass is 449 g/mol. The van der Waals surface area contributed by atoms with Crippen molar-refractivity contribution in [2.75, 3.05) is 32.9 Å². The van der Waals surface area contributed by atoms with Crippen molar-refractivity contribution in [3.8, 4) is 5.75 Å². The Bertz CT molecular complexity index is 1120. The second kappa shape index (κ2) is 10.1. The second-order valence-electron chi connectivity index (χ2n) is 9.15. The predicted molar refractivity (Wildman–Crippen MR) is 129 cm³/mol. The standard InChI is InChI=1S/C27H32FN3O2/c28-13-3-14-31-17-22(18-31)33-21-9-7-20(8-10-21)27-19(5-2-15-32)4-1-6-23-24(27)11-12-26-25(23)16-29-30-26/h7-12,16,22,32H,1-6,13-15,17-18H2,(H,29,30). The summed E-state index contributed by atoms with van der Waals surface area (Å²) in [5, 5.41) is 18.1. The summed E-state index contributed by atoms with van der Waals surface area (Å²) in [5.41, 5.74) is 7.63. The number of hydrogen-bond acceptors (Lipinski definition) is 4. The molecule has 0 atom stereocenters. The number of nitrogens with one attached hydrogen (secondary N) is 1. The van der Waals surface area contributed by atoms with E-state index in [1.165, 1.54) is 33.2 Å². The van der Waals surface area contributed by atoms with Crippen molar-refractivity contribution in [1.82, 2.24) is 15.1 Å². The first-order chi connectivity index (χ1) is 16.3. The molecule has 0 amide bonds. The van der Waals surface area contributed by atoms with Crippen molar-refractivity contribution >= 4 is 16.5 Å². The molecule has 1 fully saturated rings. The van der Waals surface area contributed by atoms with E-state index in [9.17, 15) is 9.50 Å². The van der Waals surface area contributed by atoms with Crippen LogP contribution >= 0.6 is 0 Å². The van der Waals surface area contributed by atoms with Gasteiger partial charge in [-0.3, -0.25) is 14.4 Å². The van der Waals surface area contributed by atoms with Gasteiger partial charge in [-0.15, -0.1) is 0 Å². The summed E-state index contributed by atoms with van der Waals surface area (Å²) < 4.78 is 18.5. The number of nitrogens with zero attached hydrogens (tertiary/aromatic N) is 2. The van der Waals surface area contributed by atoms with Gasteiger partial charge in [-0.05, 0) is 79.0 Å². The van der Waals surface area contributed by atoms with Gasteiger partial charge in [0.15, 0.2) is 0 Å². The van der Waals surface area contributed by atoms with E-state index in [-0.39, 0.29) is 19.4 Å². The molecule has 3 aromatic rings. The molecular weight excluding hydrogens is 417 g/mol. The van der Waals surface area contributed by atoms with Crippen LogP contribution in [0.5, 0.6) is 5.75 Å². The summed E-state index contributed by atoms with van der Waals surface area (Å²) in [6, 6.07) is 12.8. The van der Waals surface area contributed by atoms with Crippen LogP contribution in [-0.4, -0.2) is 59.2 Å². The molecule has 5 nitrogen and oxygen atoms in total. The van der Waals surface area contributed by atoms with Crippen LogP contribution in [0.4, 0.5) is 4.39 Å². The highest BCUT2D eigenvalue weighted by atomic mass is 19.1. The highest BCUT2D eigenvalue weighted by Gasteiger charge is 2.28. The summed E-state index contributed by atoms with van der Waals surface area (Å²) in [4.78, 5) is 2.23. The highest BCUT2D eigenvalue weighted by molar-refractivity contribution is 5.92. The third-order valence-corrected chi connectivity index (χ3v) is 6.88. The average molecular weight is 450 g/mol. The largest absolute Gasteiger partial charge is 0.488 e. The molecule has 2 aliphatic rings. The van der Waals surface area contributed by atoms with E-state index in [4.69, 9.17) is 4.74 Å². The minimum atomic E-state index is -0.255. The zero-order chi connectivity index (χ0) is 22.6. The third kappa shape index (κ3) is 4.68. The first-order valence-electron chi connectivity index (χ1n) is 12.1. The van der Waals surface area contributed by atoms with Crippen molar-refractivity contribution in [2.45, 2.75) is 44.6 Å². The minimum absolute atomic E-state index is 0.183. The van der Waals surface area contributed by atoms with Gasteiger partial charge in [0.1, 0.15) is 11.9 Å². The Hall–Kier alpha value is -2.70. The summed E-state index contributed by atoms with van der Waals surface area (Å²) in [5.74, 6) is 0.880. The number of likely N-dealkylation sites (tertiary alicyclic amines) is 1. The van der Waals surface area contributed by atoms with Gasteiger partial charge < -0.3 is 9.84 Å². The summed E-state index contributed by atoms with van der Waals surface area (Å²) in [6.07, 6.45) is 7.58. The Morgan fingerprint density at radius 3 is 2.73 bits per heavy atom. The van der Waals surface area contributed by atoms with Crippen molar-refractivity contribution in [3.63, 3.8) is 0 Å². The quantitative estimate of drug-likeness (QED) is 0.488. The van der Waals surface area contributed by atoms with Gasteiger partial charge in [-0.2, -0.15) is 5.10 Å². The van der Waals surface area contributed by atoms with E-state index in [1.807, 2.05) is 6.20 Å².